The van der Waals surface area contributed by atoms with E-state index in [2.05, 4.69) is 6.58 Å². The second kappa shape index (κ2) is 7.93. The largest absolute Gasteiger partial charge is 0.478 e. The predicted molar refractivity (Wildman–Crippen MR) is 72.7 cm³/mol. The van der Waals surface area contributed by atoms with Gasteiger partial charge in [0.15, 0.2) is 0 Å². The molecule has 0 aliphatic heterocycles. The van der Waals surface area contributed by atoms with Crippen LogP contribution in [0.25, 0.3) is 0 Å². The van der Waals surface area contributed by atoms with Crippen LogP contribution in [0.15, 0.2) is 35.7 Å². The summed E-state index contributed by atoms with van der Waals surface area (Å²) in [5.41, 5.74) is 0.130. The Balaban J connectivity index is 2.43. The Morgan fingerprint density at radius 2 is 2.17 bits per heavy atom. The molecule has 0 aliphatic rings. The molecule has 0 saturated carbocycles. The summed E-state index contributed by atoms with van der Waals surface area (Å²) in [7, 11) is 0. The van der Waals surface area contributed by atoms with Gasteiger partial charge in [0, 0.05) is 4.90 Å². The van der Waals surface area contributed by atoms with Crippen LogP contribution in [-0.2, 0) is 0 Å². The third-order valence-corrected chi connectivity index (χ3v) is 3.60. The fourth-order valence-corrected chi connectivity index (χ4v) is 2.48. The molecule has 1 rings (SSSR count). The monoisotopic (exact) mass is 268 g/mol. The Bertz CT molecular complexity index is 418. The summed E-state index contributed by atoms with van der Waals surface area (Å²) in [6, 6.07) is 3.89. The van der Waals surface area contributed by atoms with Gasteiger partial charge in [-0.2, -0.15) is 0 Å². The second-order valence-corrected chi connectivity index (χ2v) is 5.07. The van der Waals surface area contributed by atoms with Crippen molar-refractivity contribution in [2.45, 2.75) is 30.6 Å². The third-order valence-electron chi connectivity index (χ3n) is 2.49. The van der Waals surface area contributed by atoms with Gasteiger partial charge in [-0.25, -0.2) is 9.18 Å². The maximum absolute atomic E-state index is 13.4. The van der Waals surface area contributed by atoms with Crippen LogP contribution < -0.4 is 0 Å². The molecule has 0 saturated heterocycles. The average Bonchev–Trinajstić information content (AvgIpc) is 2.35. The van der Waals surface area contributed by atoms with Crippen molar-refractivity contribution >= 4 is 17.7 Å². The van der Waals surface area contributed by atoms with Crippen molar-refractivity contribution in [2.24, 2.45) is 0 Å². The highest BCUT2D eigenvalue weighted by molar-refractivity contribution is 7.99. The first kappa shape index (κ1) is 14.8. The number of rotatable bonds is 8. The number of carboxylic acids is 1. The van der Waals surface area contributed by atoms with E-state index in [1.807, 2.05) is 6.08 Å². The molecule has 4 heteroatoms. The molecule has 0 unspecified atom stereocenters. The Morgan fingerprint density at radius 3 is 2.83 bits per heavy atom. The Morgan fingerprint density at radius 1 is 1.39 bits per heavy atom. The van der Waals surface area contributed by atoms with Gasteiger partial charge < -0.3 is 5.11 Å². The van der Waals surface area contributed by atoms with Gasteiger partial charge in [-0.05, 0) is 43.2 Å². The molecule has 98 valence electrons. The lowest BCUT2D eigenvalue weighted by molar-refractivity contribution is 0.0696. The zero-order valence-electron chi connectivity index (χ0n) is 10.2. The van der Waals surface area contributed by atoms with Gasteiger partial charge in [-0.3, -0.25) is 0 Å². The van der Waals surface area contributed by atoms with Crippen molar-refractivity contribution in [3.05, 3.63) is 42.2 Å². The number of thioether (sulfide) groups is 1. The minimum Gasteiger partial charge on any atom is -0.478 e. The Hall–Kier alpha value is -1.29. The molecule has 0 bridgehead atoms. The number of unbranched alkanes of at least 4 members (excludes halogenated alkanes) is 3. The molecule has 0 aromatic heterocycles. The minimum absolute atomic E-state index is 0.130. The van der Waals surface area contributed by atoms with E-state index in [1.54, 1.807) is 0 Å². The highest BCUT2D eigenvalue weighted by Crippen LogP contribution is 2.24. The number of benzene rings is 1. The van der Waals surface area contributed by atoms with Gasteiger partial charge >= 0.3 is 5.97 Å². The second-order valence-electron chi connectivity index (χ2n) is 3.94. The molecule has 0 spiro atoms. The first-order valence-corrected chi connectivity index (χ1v) is 6.90. The molecule has 1 N–H and O–H groups in total. The maximum atomic E-state index is 13.4. The van der Waals surface area contributed by atoms with E-state index in [1.165, 1.54) is 30.0 Å². The average molecular weight is 268 g/mol. The normalized spacial score (nSPS) is 10.3. The predicted octanol–water partition coefficient (Wildman–Crippen LogP) is 4.36. The van der Waals surface area contributed by atoms with Crippen LogP contribution in [0, 0.1) is 5.82 Å². The standard InChI is InChI=1S/C14H17FO2S/c1-2-3-4-5-6-9-18-13-10-11(14(16)17)7-8-12(13)15/h2,7-8,10H,1,3-6,9H2,(H,16,17). The van der Waals surface area contributed by atoms with Crippen molar-refractivity contribution in [3.8, 4) is 0 Å². The van der Waals surface area contributed by atoms with E-state index < -0.39 is 5.97 Å². The maximum Gasteiger partial charge on any atom is 0.335 e. The number of carboxylic acid groups (broad SMARTS) is 1. The first-order chi connectivity index (χ1) is 8.65. The zero-order valence-corrected chi connectivity index (χ0v) is 11.0. The molecule has 2 nitrogen and oxygen atoms in total. The molecular formula is C14H17FO2S. The van der Waals surface area contributed by atoms with Crippen LogP contribution in [0.4, 0.5) is 4.39 Å². The number of carbonyl (C=O) groups is 1. The van der Waals surface area contributed by atoms with Crippen LogP contribution in [0.5, 0.6) is 0 Å². The van der Waals surface area contributed by atoms with Gasteiger partial charge in [-0.1, -0.05) is 12.5 Å². The molecule has 1 aromatic rings. The fourth-order valence-electron chi connectivity index (χ4n) is 1.50. The zero-order chi connectivity index (χ0) is 13.4. The quantitative estimate of drug-likeness (QED) is 0.432. The van der Waals surface area contributed by atoms with Crippen LogP contribution in [-0.4, -0.2) is 16.8 Å². The van der Waals surface area contributed by atoms with Crippen LogP contribution in [0.2, 0.25) is 0 Å². The van der Waals surface area contributed by atoms with Crippen molar-refractivity contribution in [1.82, 2.24) is 0 Å². The van der Waals surface area contributed by atoms with Crippen molar-refractivity contribution < 1.29 is 14.3 Å². The summed E-state index contributed by atoms with van der Waals surface area (Å²) in [6.07, 6.45) is 6.08. The van der Waals surface area contributed by atoms with E-state index in [4.69, 9.17) is 5.11 Å². The Labute approximate surface area is 111 Å². The molecule has 0 amide bonds. The summed E-state index contributed by atoms with van der Waals surface area (Å²) in [6.45, 7) is 3.65. The molecule has 0 aliphatic carbocycles. The lowest BCUT2D eigenvalue weighted by atomic mass is 10.2. The summed E-state index contributed by atoms with van der Waals surface area (Å²) in [4.78, 5) is 11.2. The summed E-state index contributed by atoms with van der Waals surface area (Å²) >= 11 is 1.37. The first-order valence-electron chi connectivity index (χ1n) is 5.91. The number of hydrogen-bond acceptors (Lipinski definition) is 2. The molecule has 0 heterocycles. The molecule has 0 atom stereocenters. The van der Waals surface area contributed by atoms with Gasteiger partial charge in [0.25, 0.3) is 0 Å². The topological polar surface area (TPSA) is 37.3 Å². The van der Waals surface area contributed by atoms with Gasteiger partial charge in [0.05, 0.1) is 5.56 Å². The smallest absolute Gasteiger partial charge is 0.335 e. The molecule has 18 heavy (non-hydrogen) atoms. The van der Waals surface area contributed by atoms with Crippen LogP contribution in [0.1, 0.15) is 36.0 Å². The van der Waals surface area contributed by atoms with Gasteiger partial charge in [0.2, 0.25) is 0 Å². The van der Waals surface area contributed by atoms with Crippen molar-refractivity contribution in [2.75, 3.05) is 5.75 Å². The summed E-state index contributed by atoms with van der Waals surface area (Å²) < 4.78 is 13.4. The van der Waals surface area contributed by atoms with E-state index in [0.717, 1.165) is 31.4 Å². The Kier molecular flexibility index (Phi) is 6.50. The minimum atomic E-state index is -1.03. The van der Waals surface area contributed by atoms with Crippen LogP contribution in [0.3, 0.4) is 0 Å². The highest BCUT2D eigenvalue weighted by atomic mass is 32.2. The number of allylic oxidation sites excluding steroid dienone is 1. The lowest BCUT2D eigenvalue weighted by Crippen LogP contribution is -1.97. The molecule has 1 aromatic carbocycles. The summed E-state index contributed by atoms with van der Waals surface area (Å²) in [5, 5.41) is 8.83. The number of halogens is 1. The van der Waals surface area contributed by atoms with Gasteiger partial charge in [-0.15, -0.1) is 18.3 Å². The van der Waals surface area contributed by atoms with Gasteiger partial charge in [0.1, 0.15) is 5.82 Å². The number of hydrogen-bond donors (Lipinski definition) is 1. The van der Waals surface area contributed by atoms with Crippen molar-refractivity contribution in [3.63, 3.8) is 0 Å². The summed E-state index contributed by atoms with van der Waals surface area (Å²) in [5.74, 6) is -0.573. The van der Waals surface area contributed by atoms with E-state index in [-0.39, 0.29) is 11.4 Å². The van der Waals surface area contributed by atoms with Crippen LogP contribution >= 0.6 is 11.8 Å². The lowest BCUT2D eigenvalue weighted by Gasteiger charge is -2.04. The highest BCUT2D eigenvalue weighted by Gasteiger charge is 2.08. The number of aromatic carboxylic acids is 1. The third kappa shape index (κ3) is 4.92. The molecular weight excluding hydrogens is 251 g/mol. The molecule has 0 radical (unpaired) electrons. The van der Waals surface area contributed by atoms with Crippen molar-refractivity contribution in [1.29, 1.82) is 0 Å². The van der Waals surface area contributed by atoms with E-state index in [0.29, 0.717) is 4.90 Å². The van der Waals surface area contributed by atoms with E-state index >= 15 is 0 Å². The fraction of sp³-hybridized carbons (Fsp3) is 0.357. The van der Waals surface area contributed by atoms with E-state index in [9.17, 15) is 9.18 Å². The molecule has 0 fully saturated rings. The SMILES string of the molecule is C=CCCCCCSc1cc(C(=O)O)ccc1F.